The molecule has 0 fully saturated rings. The maximum atomic E-state index is 8.72. The minimum Gasteiger partial charge on any atom is -0.290 e. The van der Waals surface area contributed by atoms with Gasteiger partial charge in [-0.05, 0) is 11.5 Å². The topological polar surface area (TPSA) is 45.1 Å². The van der Waals surface area contributed by atoms with E-state index < -0.39 is 0 Å². The Balaban J connectivity index is 2.71. The molecule has 1 heterocycles. The van der Waals surface area contributed by atoms with Gasteiger partial charge in [0, 0.05) is 11.6 Å². The van der Waals surface area contributed by atoms with Crippen molar-refractivity contribution in [3.63, 3.8) is 0 Å². The molecule has 0 aliphatic rings. The number of aromatic nitrogens is 1. The largest absolute Gasteiger partial charge is 0.290 e. The van der Waals surface area contributed by atoms with Crippen molar-refractivity contribution >= 4 is 28.0 Å². The zero-order valence-electron chi connectivity index (χ0n) is 7.27. The van der Waals surface area contributed by atoms with E-state index in [1.807, 2.05) is 35.8 Å². The van der Waals surface area contributed by atoms with Gasteiger partial charge in [0.2, 0.25) is 0 Å². The highest BCUT2D eigenvalue weighted by molar-refractivity contribution is 7.80. The average molecular weight is 204 g/mol. The third-order valence-electron chi connectivity index (χ3n) is 1.99. The zero-order chi connectivity index (χ0) is 9.97. The summed E-state index contributed by atoms with van der Waals surface area (Å²) in [6.07, 6.45) is 1.67. The summed E-state index contributed by atoms with van der Waals surface area (Å²) in [5.41, 5.74) is 2.54. The Kier molecular flexibility index (Phi) is 2.39. The molecule has 0 aliphatic heterocycles. The van der Waals surface area contributed by atoms with Crippen LogP contribution in [0.4, 0.5) is 0 Å². The monoisotopic (exact) mass is 204 g/mol. The van der Waals surface area contributed by atoms with Gasteiger partial charge < -0.3 is 0 Å². The smallest absolute Gasteiger partial charge is 0.149 e. The molecule has 0 bridgehead atoms. The molecule has 0 aliphatic carbocycles. The van der Waals surface area contributed by atoms with Crippen molar-refractivity contribution in [2.45, 2.75) is 0 Å². The molecule has 70 valence electrons. The molecule has 0 spiro atoms. The number of benzene rings is 1. The first-order chi connectivity index (χ1) is 6.83. The Morgan fingerprint density at radius 1 is 1.29 bits per heavy atom. The van der Waals surface area contributed by atoms with Crippen LogP contribution in [0.5, 0.6) is 0 Å². The van der Waals surface area contributed by atoms with Crippen molar-refractivity contribution in [2.24, 2.45) is 0 Å². The normalized spacial score (nSPS) is 10.1. The van der Waals surface area contributed by atoms with Crippen LogP contribution >= 0.6 is 12.2 Å². The molecule has 0 amide bonds. The van der Waals surface area contributed by atoms with Gasteiger partial charge in [0.15, 0.2) is 0 Å². The van der Waals surface area contributed by atoms with Crippen molar-refractivity contribution in [1.29, 1.82) is 0 Å². The second-order valence-corrected chi connectivity index (χ2v) is 3.23. The summed E-state index contributed by atoms with van der Waals surface area (Å²) in [6, 6.07) is 9.65. The van der Waals surface area contributed by atoms with Crippen LogP contribution < -0.4 is 5.48 Å². The van der Waals surface area contributed by atoms with Gasteiger partial charge in [-0.2, -0.15) is 0 Å². The molecule has 14 heavy (non-hydrogen) atoms. The van der Waals surface area contributed by atoms with E-state index in [0.29, 0.717) is 5.69 Å². The van der Waals surface area contributed by atoms with Crippen LogP contribution in [0.1, 0.15) is 5.69 Å². The molecule has 4 heteroatoms. The number of nitrogens with zero attached hydrogens (tertiary/aromatic N) is 1. The van der Waals surface area contributed by atoms with E-state index in [4.69, 9.17) is 17.4 Å². The lowest BCUT2D eigenvalue weighted by Gasteiger charge is -2.04. The van der Waals surface area contributed by atoms with Gasteiger partial charge in [-0.3, -0.25) is 15.7 Å². The van der Waals surface area contributed by atoms with Gasteiger partial charge in [-0.1, -0.05) is 36.5 Å². The van der Waals surface area contributed by atoms with E-state index in [-0.39, 0.29) is 4.99 Å². The molecule has 0 atom stereocenters. The highest BCUT2D eigenvalue weighted by atomic mass is 32.1. The SMILES string of the molecule is ONC(=S)c1nccc2ccccc12. The van der Waals surface area contributed by atoms with Crippen LogP contribution in [0, 0.1) is 0 Å². The predicted octanol–water partition coefficient (Wildman–Crippen LogP) is 1.89. The van der Waals surface area contributed by atoms with Gasteiger partial charge in [-0.15, -0.1) is 0 Å². The predicted molar refractivity (Wildman–Crippen MR) is 58.4 cm³/mol. The van der Waals surface area contributed by atoms with E-state index in [1.54, 1.807) is 6.20 Å². The number of fused-ring (bicyclic) bond motifs is 1. The number of hydrogen-bond acceptors (Lipinski definition) is 3. The summed E-state index contributed by atoms with van der Waals surface area (Å²) in [4.78, 5) is 4.35. The standard InChI is InChI=1S/C10H8N2OS/c13-12-10(14)9-8-4-2-1-3-7(8)5-6-11-9/h1-6,13H,(H,12,14). The third-order valence-corrected chi connectivity index (χ3v) is 2.27. The van der Waals surface area contributed by atoms with Gasteiger partial charge in [0.05, 0.1) is 0 Å². The minimum atomic E-state index is 0.238. The summed E-state index contributed by atoms with van der Waals surface area (Å²) >= 11 is 4.93. The van der Waals surface area contributed by atoms with Crippen LogP contribution in [-0.4, -0.2) is 15.2 Å². The maximum absolute atomic E-state index is 8.72. The molecule has 3 nitrogen and oxygen atoms in total. The first-order valence-corrected chi connectivity index (χ1v) is 4.52. The van der Waals surface area contributed by atoms with Crippen LogP contribution in [0.3, 0.4) is 0 Å². The van der Waals surface area contributed by atoms with Gasteiger partial charge >= 0.3 is 0 Å². The molecule has 1 aromatic carbocycles. The molecular formula is C10H8N2OS. The second-order valence-electron chi connectivity index (χ2n) is 2.82. The first-order valence-electron chi connectivity index (χ1n) is 4.11. The van der Waals surface area contributed by atoms with E-state index >= 15 is 0 Å². The van der Waals surface area contributed by atoms with E-state index in [2.05, 4.69) is 4.98 Å². The highest BCUT2D eigenvalue weighted by Crippen LogP contribution is 2.16. The molecule has 2 N–H and O–H groups in total. The summed E-state index contributed by atoms with van der Waals surface area (Å²) in [7, 11) is 0. The van der Waals surface area contributed by atoms with E-state index in [9.17, 15) is 0 Å². The Morgan fingerprint density at radius 3 is 2.86 bits per heavy atom. The number of pyridine rings is 1. The lowest BCUT2D eigenvalue weighted by molar-refractivity contribution is 0.237. The first kappa shape index (κ1) is 9.05. The van der Waals surface area contributed by atoms with Crippen molar-refractivity contribution in [1.82, 2.24) is 10.5 Å². The van der Waals surface area contributed by atoms with Crippen LogP contribution in [-0.2, 0) is 0 Å². The number of thiocarbonyl (C=S) groups is 1. The molecule has 1 aromatic heterocycles. The van der Waals surface area contributed by atoms with Gasteiger partial charge in [0.25, 0.3) is 0 Å². The summed E-state index contributed by atoms with van der Waals surface area (Å²) in [6.45, 7) is 0. The lowest BCUT2D eigenvalue weighted by atomic mass is 10.1. The van der Waals surface area contributed by atoms with Crippen LogP contribution in [0.15, 0.2) is 36.5 Å². The molecule has 2 aromatic rings. The fraction of sp³-hybridized carbons (Fsp3) is 0. The van der Waals surface area contributed by atoms with Gasteiger partial charge in [-0.25, -0.2) is 0 Å². The maximum Gasteiger partial charge on any atom is 0.149 e. The lowest BCUT2D eigenvalue weighted by Crippen LogP contribution is -2.18. The Labute approximate surface area is 86.4 Å². The molecule has 0 radical (unpaired) electrons. The fourth-order valence-electron chi connectivity index (χ4n) is 1.35. The summed E-state index contributed by atoms with van der Waals surface area (Å²) in [5.74, 6) is 0. The Hall–Kier alpha value is -1.52. The molecule has 0 unspecified atom stereocenters. The van der Waals surface area contributed by atoms with Crippen LogP contribution in [0.2, 0.25) is 0 Å². The number of rotatable bonds is 1. The van der Waals surface area contributed by atoms with Crippen molar-refractivity contribution in [3.8, 4) is 0 Å². The Bertz CT molecular complexity index is 479. The van der Waals surface area contributed by atoms with Crippen LogP contribution in [0.25, 0.3) is 10.8 Å². The number of hydroxylamine groups is 1. The van der Waals surface area contributed by atoms with Crippen molar-refractivity contribution < 1.29 is 5.21 Å². The second kappa shape index (κ2) is 3.69. The van der Waals surface area contributed by atoms with E-state index in [0.717, 1.165) is 10.8 Å². The van der Waals surface area contributed by atoms with Crippen molar-refractivity contribution in [2.75, 3.05) is 0 Å². The summed E-state index contributed by atoms with van der Waals surface area (Å²) < 4.78 is 0. The van der Waals surface area contributed by atoms with Crippen molar-refractivity contribution in [3.05, 3.63) is 42.2 Å². The third kappa shape index (κ3) is 1.45. The van der Waals surface area contributed by atoms with E-state index in [1.165, 1.54) is 0 Å². The zero-order valence-corrected chi connectivity index (χ0v) is 8.08. The number of hydrogen-bond donors (Lipinski definition) is 2. The molecule has 2 rings (SSSR count). The highest BCUT2D eigenvalue weighted by Gasteiger charge is 2.05. The average Bonchev–Trinajstić information content (AvgIpc) is 2.27. The van der Waals surface area contributed by atoms with Gasteiger partial charge in [0.1, 0.15) is 10.7 Å². The summed E-state index contributed by atoms with van der Waals surface area (Å²) in [5, 5.41) is 10.7. The quantitative estimate of drug-likeness (QED) is 0.550. The fourth-order valence-corrected chi connectivity index (χ4v) is 1.52. The molecular weight excluding hydrogens is 196 g/mol. The minimum absolute atomic E-state index is 0.238. The molecule has 0 saturated heterocycles. The number of nitrogens with one attached hydrogen (secondary N) is 1. The molecule has 0 saturated carbocycles. The Morgan fingerprint density at radius 2 is 2.07 bits per heavy atom.